The van der Waals surface area contributed by atoms with Crippen LogP contribution < -0.4 is 5.32 Å². The molecule has 170 valence electrons. The Balaban J connectivity index is 1.28. The van der Waals surface area contributed by atoms with Gasteiger partial charge in [-0.25, -0.2) is 0 Å². The van der Waals surface area contributed by atoms with Crippen molar-refractivity contribution in [2.45, 2.75) is 32.7 Å². The molecule has 0 atom stereocenters. The van der Waals surface area contributed by atoms with Crippen molar-refractivity contribution in [3.8, 4) is 0 Å². The van der Waals surface area contributed by atoms with Crippen LogP contribution >= 0.6 is 0 Å². The SMILES string of the molecule is Cc1ccc(Cn2cc(CCC(=O)NCCCN3CCN(C)CC3)c3ccccc32)cc1. The van der Waals surface area contributed by atoms with Gasteiger partial charge in [-0.2, -0.15) is 0 Å². The minimum atomic E-state index is 0.152. The van der Waals surface area contributed by atoms with Gasteiger partial charge in [0.1, 0.15) is 0 Å². The maximum absolute atomic E-state index is 12.4. The van der Waals surface area contributed by atoms with E-state index in [-0.39, 0.29) is 5.91 Å². The van der Waals surface area contributed by atoms with Crippen molar-refractivity contribution in [1.82, 2.24) is 19.7 Å². The second-order valence-electron chi connectivity index (χ2n) is 9.13. The first-order chi connectivity index (χ1) is 15.6. The summed E-state index contributed by atoms with van der Waals surface area (Å²) in [5, 5.41) is 4.37. The standard InChI is InChI=1S/C27H36N4O/c1-22-8-10-23(11-9-22)20-31-21-24(25-6-3-4-7-26(25)31)12-13-27(32)28-14-5-15-30-18-16-29(2)17-19-30/h3-4,6-11,21H,5,12-20H2,1-2H3,(H,28,32). The maximum Gasteiger partial charge on any atom is 0.220 e. The summed E-state index contributed by atoms with van der Waals surface area (Å²) in [5.41, 5.74) is 5.05. The van der Waals surface area contributed by atoms with Gasteiger partial charge < -0.3 is 19.7 Å². The molecule has 1 aliphatic heterocycles. The Kier molecular flexibility index (Phi) is 7.61. The van der Waals surface area contributed by atoms with Crippen LogP contribution in [0.3, 0.4) is 0 Å². The zero-order valence-corrected chi connectivity index (χ0v) is 19.5. The number of hydrogen-bond donors (Lipinski definition) is 1. The van der Waals surface area contributed by atoms with Gasteiger partial charge in [-0.3, -0.25) is 4.79 Å². The van der Waals surface area contributed by atoms with E-state index in [1.165, 1.54) is 27.6 Å². The van der Waals surface area contributed by atoms with Crippen molar-refractivity contribution in [3.63, 3.8) is 0 Å². The quantitative estimate of drug-likeness (QED) is 0.525. The smallest absolute Gasteiger partial charge is 0.220 e. The van der Waals surface area contributed by atoms with Crippen molar-refractivity contribution in [2.24, 2.45) is 0 Å². The average molecular weight is 433 g/mol. The lowest BCUT2D eigenvalue weighted by atomic mass is 10.1. The molecule has 1 fully saturated rings. The van der Waals surface area contributed by atoms with Gasteiger partial charge in [0.2, 0.25) is 5.91 Å². The summed E-state index contributed by atoms with van der Waals surface area (Å²) in [6.07, 6.45) is 4.55. The van der Waals surface area contributed by atoms with Crippen LogP contribution in [-0.2, 0) is 17.8 Å². The Hall–Kier alpha value is -2.63. The summed E-state index contributed by atoms with van der Waals surface area (Å²) in [6, 6.07) is 17.2. The van der Waals surface area contributed by atoms with Gasteiger partial charge in [-0.05, 0) is 50.6 Å². The number of aromatic nitrogens is 1. The number of carbonyl (C=O) groups excluding carboxylic acids is 1. The van der Waals surface area contributed by atoms with Crippen molar-refractivity contribution >= 4 is 16.8 Å². The molecule has 0 spiro atoms. The summed E-state index contributed by atoms with van der Waals surface area (Å²) < 4.78 is 2.31. The third-order valence-electron chi connectivity index (χ3n) is 6.54. The molecule has 3 aromatic rings. The van der Waals surface area contributed by atoms with E-state index < -0.39 is 0 Å². The zero-order valence-electron chi connectivity index (χ0n) is 19.5. The van der Waals surface area contributed by atoms with Crippen LogP contribution in [-0.4, -0.2) is 66.6 Å². The van der Waals surface area contributed by atoms with E-state index in [0.717, 1.165) is 58.7 Å². The Morgan fingerprint density at radius 3 is 2.53 bits per heavy atom. The van der Waals surface area contributed by atoms with Crippen LogP contribution in [0.1, 0.15) is 29.5 Å². The number of amides is 1. The van der Waals surface area contributed by atoms with E-state index in [4.69, 9.17) is 0 Å². The Morgan fingerprint density at radius 1 is 1.00 bits per heavy atom. The predicted octanol–water partition coefficient (Wildman–Crippen LogP) is 3.68. The topological polar surface area (TPSA) is 40.5 Å². The summed E-state index contributed by atoms with van der Waals surface area (Å²) in [7, 11) is 2.18. The molecule has 4 rings (SSSR count). The van der Waals surface area contributed by atoms with Crippen LogP contribution in [0.4, 0.5) is 0 Å². The highest BCUT2D eigenvalue weighted by atomic mass is 16.1. The highest BCUT2D eigenvalue weighted by molar-refractivity contribution is 5.85. The van der Waals surface area contributed by atoms with Gasteiger partial charge in [-0.15, -0.1) is 0 Å². The van der Waals surface area contributed by atoms with Crippen molar-refractivity contribution in [2.75, 3.05) is 46.3 Å². The van der Waals surface area contributed by atoms with E-state index in [9.17, 15) is 4.79 Å². The number of benzene rings is 2. The lowest BCUT2D eigenvalue weighted by Crippen LogP contribution is -2.45. The van der Waals surface area contributed by atoms with Crippen LogP contribution in [0.2, 0.25) is 0 Å². The van der Waals surface area contributed by atoms with Gasteiger partial charge in [0.05, 0.1) is 0 Å². The summed E-state index contributed by atoms with van der Waals surface area (Å²) in [5.74, 6) is 0.152. The minimum absolute atomic E-state index is 0.152. The molecule has 5 nitrogen and oxygen atoms in total. The fourth-order valence-electron chi connectivity index (χ4n) is 4.48. The van der Waals surface area contributed by atoms with Crippen molar-refractivity contribution in [1.29, 1.82) is 0 Å². The summed E-state index contributed by atoms with van der Waals surface area (Å²) in [6.45, 7) is 9.35. The minimum Gasteiger partial charge on any atom is -0.356 e. The molecule has 0 unspecified atom stereocenters. The first-order valence-corrected chi connectivity index (χ1v) is 11.9. The average Bonchev–Trinajstić information content (AvgIpc) is 3.15. The summed E-state index contributed by atoms with van der Waals surface area (Å²) >= 11 is 0. The molecule has 0 saturated carbocycles. The van der Waals surface area contributed by atoms with E-state index in [0.29, 0.717) is 6.42 Å². The molecule has 1 N–H and O–H groups in total. The number of para-hydroxylation sites is 1. The molecule has 0 radical (unpaired) electrons. The van der Waals surface area contributed by atoms with Crippen LogP contribution in [0.25, 0.3) is 10.9 Å². The normalized spacial score (nSPS) is 15.3. The van der Waals surface area contributed by atoms with Crippen molar-refractivity contribution < 1.29 is 4.79 Å². The fraction of sp³-hybridized carbons (Fsp3) is 0.444. The van der Waals surface area contributed by atoms with Crippen LogP contribution in [0.5, 0.6) is 0 Å². The lowest BCUT2D eigenvalue weighted by molar-refractivity contribution is -0.121. The van der Waals surface area contributed by atoms with Gasteiger partial charge in [0, 0.05) is 62.8 Å². The monoisotopic (exact) mass is 432 g/mol. The molecule has 0 bridgehead atoms. The number of fused-ring (bicyclic) bond motifs is 1. The highest BCUT2D eigenvalue weighted by Crippen LogP contribution is 2.23. The molecule has 2 heterocycles. The molecule has 1 amide bonds. The van der Waals surface area contributed by atoms with Gasteiger partial charge >= 0.3 is 0 Å². The third-order valence-corrected chi connectivity index (χ3v) is 6.54. The first-order valence-electron chi connectivity index (χ1n) is 11.9. The molecule has 1 aliphatic rings. The van der Waals surface area contributed by atoms with E-state index in [1.807, 2.05) is 0 Å². The number of aryl methyl sites for hydroxylation is 2. The predicted molar refractivity (Wildman–Crippen MR) is 132 cm³/mol. The molecular formula is C27H36N4O. The van der Waals surface area contributed by atoms with E-state index in [2.05, 4.69) is 88.4 Å². The first kappa shape index (κ1) is 22.6. The second-order valence-corrected chi connectivity index (χ2v) is 9.13. The molecule has 2 aromatic carbocycles. The zero-order chi connectivity index (χ0) is 22.3. The molecule has 5 heteroatoms. The molecule has 32 heavy (non-hydrogen) atoms. The number of likely N-dealkylation sites (N-methyl/N-ethyl adjacent to an activating group) is 1. The molecule has 0 aliphatic carbocycles. The van der Waals surface area contributed by atoms with Gasteiger partial charge in [0.25, 0.3) is 0 Å². The van der Waals surface area contributed by atoms with Crippen LogP contribution in [0, 0.1) is 6.92 Å². The number of hydrogen-bond acceptors (Lipinski definition) is 3. The maximum atomic E-state index is 12.4. The van der Waals surface area contributed by atoms with Crippen molar-refractivity contribution in [3.05, 3.63) is 71.4 Å². The van der Waals surface area contributed by atoms with Gasteiger partial charge in [0.15, 0.2) is 0 Å². The van der Waals surface area contributed by atoms with E-state index in [1.54, 1.807) is 0 Å². The lowest BCUT2D eigenvalue weighted by Gasteiger charge is -2.32. The number of piperazine rings is 1. The molecular weight excluding hydrogens is 396 g/mol. The van der Waals surface area contributed by atoms with Gasteiger partial charge in [-0.1, -0.05) is 48.0 Å². The number of rotatable bonds is 9. The Bertz CT molecular complexity index is 1020. The second kappa shape index (κ2) is 10.8. The summed E-state index contributed by atoms with van der Waals surface area (Å²) in [4.78, 5) is 17.3. The van der Waals surface area contributed by atoms with Crippen LogP contribution in [0.15, 0.2) is 54.7 Å². The number of nitrogens with zero attached hydrogens (tertiary/aromatic N) is 3. The number of carbonyl (C=O) groups is 1. The highest BCUT2D eigenvalue weighted by Gasteiger charge is 2.13. The molecule has 1 saturated heterocycles. The largest absolute Gasteiger partial charge is 0.356 e. The Morgan fingerprint density at radius 2 is 1.75 bits per heavy atom. The molecule has 1 aromatic heterocycles. The van der Waals surface area contributed by atoms with E-state index >= 15 is 0 Å². The fourth-order valence-corrected chi connectivity index (χ4v) is 4.48. The third kappa shape index (κ3) is 5.99. The number of nitrogens with one attached hydrogen (secondary N) is 1. The Labute approximate surface area is 192 Å².